The Kier molecular flexibility index (Phi) is 9.90. The van der Waals surface area contributed by atoms with E-state index in [1.165, 1.54) is 4.88 Å². The lowest BCUT2D eigenvalue weighted by molar-refractivity contribution is -0.136. The van der Waals surface area contributed by atoms with Crippen molar-refractivity contribution in [2.45, 2.75) is 48.0 Å². The highest BCUT2D eigenvalue weighted by molar-refractivity contribution is 7.11. The molecule has 0 amide bonds. The first kappa shape index (κ1) is 21.1. The number of carboxylic acids is 1. The van der Waals surface area contributed by atoms with Gasteiger partial charge >= 0.3 is 5.97 Å². The zero-order valence-corrected chi connectivity index (χ0v) is 14.4. The highest BCUT2D eigenvalue weighted by Gasteiger charge is 2.06. The number of hydrogen-bond donors (Lipinski definition) is 1. The van der Waals surface area contributed by atoms with Crippen molar-refractivity contribution in [3.63, 3.8) is 0 Å². The van der Waals surface area contributed by atoms with Crippen LogP contribution in [0.15, 0.2) is 24.3 Å². The van der Waals surface area contributed by atoms with E-state index in [4.69, 9.17) is 9.84 Å². The van der Waals surface area contributed by atoms with Gasteiger partial charge in [-0.2, -0.15) is 0 Å². The maximum Gasteiger partial charge on any atom is 0.307 e. The summed E-state index contributed by atoms with van der Waals surface area (Å²) >= 11 is 1.69. The fourth-order valence-corrected chi connectivity index (χ4v) is 2.85. The molecule has 0 aliphatic rings. The molecule has 0 saturated carbocycles. The molecule has 128 valence electrons. The second-order valence-corrected chi connectivity index (χ2v) is 5.96. The van der Waals surface area contributed by atoms with Crippen LogP contribution in [0.5, 0.6) is 5.75 Å². The standard InChI is InChI=1S/C15H17NO3S.C2H6.CH4/c1-10-14(16-11(2)20-10)6-7-19-13-5-3-4-12(8-13)9-15(17)18;1-2;/h3-5,8H,6-7,9H2,1-2H3,(H,17,18);1-2H3;1H4. The summed E-state index contributed by atoms with van der Waals surface area (Å²) in [5, 5.41) is 9.84. The summed E-state index contributed by atoms with van der Waals surface area (Å²) in [7, 11) is 0. The molecule has 0 saturated heterocycles. The molecule has 0 fully saturated rings. The summed E-state index contributed by atoms with van der Waals surface area (Å²) in [5.41, 5.74) is 1.82. The Bertz CT molecular complexity index is 608. The van der Waals surface area contributed by atoms with Gasteiger partial charge in [-0.05, 0) is 31.5 Å². The predicted molar refractivity (Wildman–Crippen MR) is 96.6 cm³/mol. The molecule has 0 aliphatic heterocycles. The van der Waals surface area contributed by atoms with Crippen LogP contribution in [0.1, 0.15) is 42.4 Å². The molecule has 1 heterocycles. The van der Waals surface area contributed by atoms with E-state index in [0.29, 0.717) is 12.4 Å². The Balaban J connectivity index is 0.00000155. The van der Waals surface area contributed by atoms with Crippen LogP contribution in [0.3, 0.4) is 0 Å². The molecule has 2 aromatic rings. The number of carboxylic acid groups (broad SMARTS) is 1. The number of nitrogens with zero attached hydrogens (tertiary/aromatic N) is 1. The van der Waals surface area contributed by atoms with Crippen molar-refractivity contribution in [1.82, 2.24) is 4.98 Å². The molecule has 0 bridgehead atoms. The number of aryl methyl sites for hydroxylation is 2. The number of aliphatic carboxylic acids is 1. The first-order chi connectivity index (χ1) is 10.5. The number of aromatic nitrogens is 1. The molecule has 0 radical (unpaired) electrons. The molecular formula is C18H27NO3S. The summed E-state index contributed by atoms with van der Waals surface area (Å²) in [6.07, 6.45) is 0.779. The van der Waals surface area contributed by atoms with Crippen LogP contribution in [0, 0.1) is 13.8 Å². The quantitative estimate of drug-likeness (QED) is 0.832. The molecule has 2 rings (SSSR count). The van der Waals surface area contributed by atoms with Gasteiger partial charge in [0.15, 0.2) is 0 Å². The van der Waals surface area contributed by atoms with E-state index in [0.717, 1.165) is 22.7 Å². The van der Waals surface area contributed by atoms with Gasteiger partial charge in [-0.1, -0.05) is 33.4 Å². The van der Waals surface area contributed by atoms with E-state index in [1.807, 2.05) is 32.9 Å². The minimum Gasteiger partial charge on any atom is -0.493 e. The monoisotopic (exact) mass is 337 g/mol. The van der Waals surface area contributed by atoms with E-state index >= 15 is 0 Å². The maximum atomic E-state index is 10.7. The molecule has 0 atom stereocenters. The summed E-state index contributed by atoms with van der Waals surface area (Å²) in [5.74, 6) is -0.135. The molecule has 1 aromatic heterocycles. The Labute approximate surface area is 143 Å². The van der Waals surface area contributed by atoms with Crippen LogP contribution in [0.2, 0.25) is 0 Å². The Hall–Kier alpha value is -1.88. The molecule has 0 spiro atoms. The van der Waals surface area contributed by atoms with E-state index in [1.54, 1.807) is 23.5 Å². The summed E-state index contributed by atoms with van der Waals surface area (Å²) in [6.45, 7) is 8.60. The van der Waals surface area contributed by atoms with Crippen molar-refractivity contribution >= 4 is 17.3 Å². The molecule has 4 nitrogen and oxygen atoms in total. The topological polar surface area (TPSA) is 59.4 Å². The van der Waals surface area contributed by atoms with E-state index in [-0.39, 0.29) is 13.8 Å². The fraction of sp³-hybridized carbons (Fsp3) is 0.444. The number of carbonyl (C=O) groups is 1. The molecule has 23 heavy (non-hydrogen) atoms. The average Bonchev–Trinajstić information content (AvgIpc) is 2.79. The zero-order chi connectivity index (χ0) is 16.5. The maximum absolute atomic E-state index is 10.7. The van der Waals surface area contributed by atoms with E-state index in [2.05, 4.69) is 11.9 Å². The number of hydrogen-bond acceptors (Lipinski definition) is 4. The third-order valence-corrected chi connectivity index (χ3v) is 3.79. The second-order valence-electron chi connectivity index (χ2n) is 4.55. The van der Waals surface area contributed by atoms with Crippen LogP contribution in [0.4, 0.5) is 0 Å². The van der Waals surface area contributed by atoms with Gasteiger partial charge in [0, 0.05) is 11.3 Å². The SMILES string of the molecule is C.CC.Cc1nc(CCOc2cccc(CC(=O)O)c2)c(C)s1. The summed E-state index contributed by atoms with van der Waals surface area (Å²) < 4.78 is 5.67. The Morgan fingerprint density at radius 3 is 2.57 bits per heavy atom. The van der Waals surface area contributed by atoms with Crippen molar-refractivity contribution < 1.29 is 14.6 Å². The third-order valence-electron chi connectivity index (χ3n) is 2.86. The van der Waals surface area contributed by atoms with E-state index < -0.39 is 5.97 Å². The van der Waals surface area contributed by atoms with Crippen LogP contribution in [-0.2, 0) is 17.6 Å². The van der Waals surface area contributed by atoms with Gasteiger partial charge in [0.2, 0.25) is 0 Å². The van der Waals surface area contributed by atoms with Gasteiger partial charge in [-0.15, -0.1) is 11.3 Å². The minimum absolute atomic E-state index is 0. The first-order valence-electron chi connectivity index (χ1n) is 7.41. The molecule has 1 aromatic carbocycles. The molecule has 0 aliphatic carbocycles. The predicted octanol–water partition coefficient (Wildman–Crippen LogP) is 4.67. The number of benzene rings is 1. The first-order valence-corrected chi connectivity index (χ1v) is 8.22. The number of rotatable bonds is 6. The van der Waals surface area contributed by atoms with Gasteiger partial charge in [-0.3, -0.25) is 4.79 Å². The van der Waals surface area contributed by atoms with Crippen LogP contribution >= 0.6 is 11.3 Å². The van der Waals surface area contributed by atoms with Crippen molar-refractivity contribution in [3.8, 4) is 5.75 Å². The van der Waals surface area contributed by atoms with Crippen LogP contribution in [0.25, 0.3) is 0 Å². The van der Waals surface area contributed by atoms with Gasteiger partial charge in [0.05, 0.1) is 23.7 Å². The smallest absolute Gasteiger partial charge is 0.307 e. The van der Waals surface area contributed by atoms with Crippen molar-refractivity contribution in [1.29, 1.82) is 0 Å². The Morgan fingerprint density at radius 2 is 2.00 bits per heavy atom. The van der Waals surface area contributed by atoms with E-state index in [9.17, 15) is 4.79 Å². The highest BCUT2D eigenvalue weighted by atomic mass is 32.1. The molecular weight excluding hydrogens is 310 g/mol. The van der Waals surface area contributed by atoms with Crippen molar-refractivity contribution in [2.24, 2.45) is 0 Å². The summed E-state index contributed by atoms with van der Waals surface area (Å²) in [6, 6.07) is 7.21. The van der Waals surface area contributed by atoms with Gasteiger partial charge in [0.25, 0.3) is 0 Å². The largest absolute Gasteiger partial charge is 0.493 e. The Morgan fingerprint density at radius 1 is 1.30 bits per heavy atom. The molecule has 5 heteroatoms. The van der Waals surface area contributed by atoms with Gasteiger partial charge in [-0.25, -0.2) is 4.98 Å². The van der Waals surface area contributed by atoms with Gasteiger partial charge in [0.1, 0.15) is 5.75 Å². The number of thiazole rings is 1. The zero-order valence-electron chi connectivity index (χ0n) is 13.5. The average molecular weight is 337 g/mol. The molecule has 0 unspecified atom stereocenters. The second kappa shape index (κ2) is 10.8. The van der Waals surface area contributed by atoms with Crippen molar-refractivity contribution in [2.75, 3.05) is 6.61 Å². The van der Waals surface area contributed by atoms with Gasteiger partial charge < -0.3 is 9.84 Å². The highest BCUT2D eigenvalue weighted by Crippen LogP contribution is 2.18. The molecule has 1 N–H and O–H groups in total. The minimum atomic E-state index is -0.837. The third kappa shape index (κ3) is 7.28. The van der Waals surface area contributed by atoms with Crippen LogP contribution in [-0.4, -0.2) is 22.7 Å². The lowest BCUT2D eigenvalue weighted by atomic mass is 10.1. The number of ether oxygens (including phenoxy) is 1. The summed E-state index contributed by atoms with van der Waals surface area (Å²) in [4.78, 5) is 16.4. The fourth-order valence-electron chi connectivity index (χ4n) is 1.99. The van der Waals surface area contributed by atoms with Crippen LogP contribution < -0.4 is 4.74 Å². The van der Waals surface area contributed by atoms with Crippen molar-refractivity contribution in [3.05, 3.63) is 45.4 Å². The lowest BCUT2D eigenvalue weighted by Gasteiger charge is -2.07. The normalized spacial score (nSPS) is 9.39. The lowest BCUT2D eigenvalue weighted by Crippen LogP contribution is -2.04.